The highest BCUT2D eigenvalue weighted by molar-refractivity contribution is 6.33. The molecule has 3 rings (SSSR count). The number of hydrogen-bond acceptors (Lipinski definition) is 2. The molecule has 22 heavy (non-hydrogen) atoms. The predicted octanol–water partition coefficient (Wildman–Crippen LogP) is 4.53. The normalized spacial score (nSPS) is 15.9. The van der Waals surface area contributed by atoms with Crippen molar-refractivity contribution in [1.29, 1.82) is 0 Å². The summed E-state index contributed by atoms with van der Waals surface area (Å²) < 4.78 is 1.57. The Kier molecular flexibility index (Phi) is 4.94. The molecule has 3 nitrogen and oxygen atoms in total. The molecule has 0 aliphatic heterocycles. The zero-order valence-electron chi connectivity index (χ0n) is 12.7. The molecule has 0 amide bonds. The van der Waals surface area contributed by atoms with Crippen LogP contribution in [0.15, 0.2) is 41.3 Å². The van der Waals surface area contributed by atoms with E-state index in [9.17, 15) is 4.79 Å². The van der Waals surface area contributed by atoms with E-state index in [1.807, 2.05) is 30.3 Å². The van der Waals surface area contributed by atoms with Crippen molar-refractivity contribution in [2.75, 3.05) is 0 Å². The second kappa shape index (κ2) is 7.10. The van der Waals surface area contributed by atoms with E-state index in [-0.39, 0.29) is 5.56 Å². The number of rotatable bonds is 4. The first-order chi connectivity index (χ1) is 10.8. The van der Waals surface area contributed by atoms with E-state index >= 15 is 0 Å². The van der Waals surface area contributed by atoms with Gasteiger partial charge >= 0.3 is 0 Å². The summed E-state index contributed by atoms with van der Waals surface area (Å²) in [6, 6.07) is 9.58. The average Bonchev–Trinajstić information content (AvgIpc) is 2.56. The number of nitrogens with zero attached hydrogens (tertiary/aromatic N) is 2. The largest absolute Gasteiger partial charge is 0.276 e. The molecule has 0 bridgehead atoms. The summed E-state index contributed by atoms with van der Waals surface area (Å²) in [6.45, 7) is 0.681. The Hall–Kier alpha value is -1.61. The van der Waals surface area contributed by atoms with Crippen LogP contribution in [0.25, 0.3) is 11.1 Å². The Morgan fingerprint density at radius 2 is 1.86 bits per heavy atom. The van der Waals surface area contributed by atoms with Crippen molar-refractivity contribution in [3.63, 3.8) is 0 Å². The van der Waals surface area contributed by atoms with Gasteiger partial charge in [0.2, 0.25) is 0 Å². The third-order valence-electron chi connectivity index (χ3n) is 4.53. The number of hydrogen-bond donors (Lipinski definition) is 0. The lowest BCUT2D eigenvalue weighted by Gasteiger charge is -2.21. The molecular formula is C18H21ClN2O. The van der Waals surface area contributed by atoms with Gasteiger partial charge in [-0.1, -0.05) is 74.0 Å². The molecule has 0 N–H and O–H groups in total. The highest BCUT2D eigenvalue weighted by Crippen LogP contribution is 2.27. The van der Waals surface area contributed by atoms with E-state index in [4.69, 9.17) is 11.6 Å². The lowest BCUT2D eigenvalue weighted by Crippen LogP contribution is -2.26. The Bertz CT molecular complexity index is 675. The maximum absolute atomic E-state index is 12.7. The monoisotopic (exact) mass is 316 g/mol. The zero-order chi connectivity index (χ0) is 15.4. The number of aromatic nitrogens is 2. The van der Waals surface area contributed by atoms with Crippen LogP contribution in [-0.4, -0.2) is 9.78 Å². The van der Waals surface area contributed by atoms with Crippen LogP contribution in [0.2, 0.25) is 5.02 Å². The molecule has 0 spiro atoms. The summed E-state index contributed by atoms with van der Waals surface area (Å²) in [5, 5.41) is 4.64. The third-order valence-corrected chi connectivity index (χ3v) is 4.82. The molecule has 0 atom stereocenters. The molecule has 1 saturated carbocycles. The number of halogens is 1. The van der Waals surface area contributed by atoms with Crippen molar-refractivity contribution >= 4 is 11.6 Å². The van der Waals surface area contributed by atoms with E-state index < -0.39 is 0 Å². The van der Waals surface area contributed by atoms with Crippen molar-refractivity contribution < 1.29 is 0 Å². The van der Waals surface area contributed by atoms with Crippen molar-refractivity contribution in [2.24, 2.45) is 5.92 Å². The standard InChI is InChI=1S/C18H21ClN2O/c19-16-13-20-21(12-11-14-7-3-1-4-8-14)18(22)17(16)15-9-5-2-6-10-15/h2,5-6,9-10,13-14H,1,3-4,7-8,11-12H2. The van der Waals surface area contributed by atoms with Crippen LogP contribution in [0.3, 0.4) is 0 Å². The average molecular weight is 317 g/mol. The molecule has 116 valence electrons. The minimum atomic E-state index is -0.0884. The Morgan fingerprint density at radius 1 is 1.14 bits per heavy atom. The Labute approximate surface area is 135 Å². The highest BCUT2D eigenvalue weighted by atomic mass is 35.5. The van der Waals surface area contributed by atoms with Crippen LogP contribution in [0.4, 0.5) is 0 Å². The zero-order valence-corrected chi connectivity index (χ0v) is 13.4. The first kappa shape index (κ1) is 15.3. The Morgan fingerprint density at radius 3 is 2.59 bits per heavy atom. The second-order valence-electron chi connectivity index (χ2n) is 6.05. The molecule has 1 aliphatic rings. The number of benzene rings is 1. The molecular weight excluding hydrogens is 296 g/mol. The van der Waals surface area contributed by atoms with Gasteiger partial charge in [0.1, 0.15) is 0 Å². The quantitative estimate of drug-likeness (QED) is 0.830. The van der Waals surface area contributed by atoms with Crippen LogP contribution in [-0.2, 0) is 6.54 Å². The maximum atomic E-state index is 12.7. The van der Waals surface area contributed by atoms with Crippen LogP contribution in [0, 0.1) is 5.92 Å². The van der Waals surface area contributed by atoms with Gasteiger partial charge in [0.25, 0.3) is 5.56 Å². The highest BCUT2D eigenvalue weighted by Gasteiger charge is 2.16. The van der Waals surface area contributed by atoms with Crippen LogP contribution >= 0.6 is 11.6 Å². The van der Waals surface area contributed by atoms with E-state index in [1.54, 1.807) is 10.9 Å². The fourth-order valence-electron chi connectivity index (χ4n) is 3.27. The van der Waals surface area contributed by atoms with Gasteiger partial charge < -0.3 is 0 Å². The van der Waals surface area contributed by atoms with Crippen LogP contribution in [0.1, 0.15) is 38.5 Å². The van der Waals surface area contributed by atoms with Gasteiger partial charge in [-0.3, -0.25) is 4.79 Å². The summed E-state index contributed by atoms with van der Waals surface area (Å²) in [7, 11) is 0. The SMILES string of the molecule is O=c1c(-c2ccccc2)c(Cl)cnn1CCC1CCCCC1. The van der Waals surface area contributed by atoms with Gasteiger partial charge in [-0.05, 0) is 17.9 Å². The first-order valence-corrected chi connectivity index (χ1v) is 8.44. The van der Waals surface area contributed by atoms with Gasteiger partial charge in [0, 0.05) is 6.54 Å². The second-order valence-corrected chi connectivity index (χ2v) is 6.46. The molecule has 0 radical (unpaired) electrons. The first-order valence-electron chi connectivity index (χ1n) is 8.07. The molecule has 0 unspecified atom stereocenters. The lowest BCUT2D eigenvalue weighted by atomic mass is 9.87. The Balaban J connectivity index is 1.82. The molecule has 1 aromatic carbocycles. The van der Waals surface area contributed by atoms with Gasteiger partial charge in [-0.15, -0.1) is 0 Å². The molecule has 1 heterocycles. The molecule has 1 fully saturated rings. The molecule has 1 aliphatic carbocycles. The van der Waals surface area contributed by atoms with Crippen molar-refractivity contribution in [3.8, 4) is 11.1 Å². The van der Waals surface area contributed by atoms with E-state index in [1.165, 1.54) is 32.1 Å². The fraction of sp³-hybridized carbons (Fsp3) is 0.444. The van der Waals surface area contributed by atoms with Gasteiger partial charge in [0.15, 0.2) is 0 Å². The summed E-state index contributed by atoms with van der Waals surface area (Å²) in [6.07, 6.45) is 9.19. The van der Waals surface area contributed by atoms with Crippen LogP contribution < -0.4 is 5.56 Å². The molecule has 1 aromatic heterocycles. The van der Waals surface area contributed by atoms with E-state index in [0.29, 0.717) is 17.1 Å². The van der Waals surface area contributed by atoms with Crippen molar-refractivity contribution in [2.45, 2.75) is 45.1 Å². The lowest BCUT2D eigenvalue weighted by molar-refractivity contribution is 0.316. The smallest absolute Gasteiger partial charge is 0.267 e. The topological polar surface area (TPSA) is 34.9 Å². The molecule has 2 aromatic rings. The minimum absolute atomic E-state index is 0.0884. The summed E-state index contributed by atoms with van der Waals surface area (Å²) in [5.74, 6) is 0.735. The fourth-order valence-corrected chi connectivity index (χ4v) is 3.51. The van der Waals surface area contributed by atoms with Gasteiger partial charge in [-0.2, -0.15) is 5.10 Å². The summed E-state index contributed by atoms with van der Waals surface area (Å²) >= 11 is 6.21. The maximum Gasteiger partial charge on any atom is 0.276 e. The predicted molar refractivity (Wildman–Crippen MR) is 90.1 cm³/mol. The van der Waals surface area contributed by atoms with Gasteiger partial charge in [0.05, 0.1) is 16.8 Å². The van der Waals surface area contributed by atoms with Crippen molar-refractivity contribution in [3.05, 3.63) is 51.9 Å². The van der Waals surface area contributed by atoms with E-state index in [2.05, 4.69) is 5.10 Å². The third kappa shape index (κ3) is 3.41. The summed E-state index contributed by atoms with van der Waals surface area (Å²) in [5.41, 5.74) is 1.32. The summed E-state index contributed by atoms with van der Waals surface area (Å²) in [4.78, 5) is 12.7. The molecule has 0 saturated heterocycles. The molecule has 4 heteroatoms. The minimum Gasteiger partial charge on any atom is -0.267 e. The van der Waals surface area contributed by atoms with Crippen LogP contribution in [0.5, 0.6) is 0 Å². The van der Waals surface area contributed by atoms with Crippen molar-refractivity contribution in [1.82, 2.24) is 9.78 Å². The van der Waals surface area contributed by atoms with E-state index in [0.717, 1.165) is 17.9 Å². The number of aryl methyl sites for hydroxylation is 1. The van der Waals surface area contributed by atoms with Gasteiger partial charge in [-0.25, -0.2) is 4.68 Å².